The van der Waals surface area contributed by atoms with Gasteiger partial charge in [0.15, 0.2) is 0 Å². The summed E-state index contributed by atoms with van der Waals surface area (Å²) in [6.45, 7) is 0.422. The maximum Gasteiger partial charge on any atom is 0.237 e. The fourth-order valence-electron chi connectivity index (χ4n) is 2.61. The summed E-state index contributed by atoms with van der Waals surface area (Å²) in [5.41, 5.74) is 5.42. The minimum atomic E-state index is -0.691. The number of nitrogens with zero attached hydrogens (tertiary/aromatic N) is 1. The summed E-state index contributed by atoms with van der Waals surface area (Å²) in [5, 5.41) is 5.74. The predicted octanol–water partition coefficient (Wildman–Crippen LogP) is -0.459. The van der Waals surface area contributed by atoms with Gasteiger partial charge in [0, 0.05) is 18.3 Å². The minimum Gasteiger partial charge on any atom is -0.368 e. The first-order valence-corrected chi connectivity index (χ1v) is 5.43. The number of amides is 2. The molecule has 0 aromatic carbocycles. The summed E-state index contributed by atoms with van der Waals surface area (Å²) in [7, 11) is 0. The first-order chi connectivity index (χ1) is 8.13. The number of hydrogen-bond acceptors (Lipinski definition) is 4. The average Bonchev–Trinajstić information content (AvgIpc) is 2.85. The lowest BCUT2D eigenvalue weighted by Crippen LogP contribution is -2.36. The van der Waals surface area contributed by atoms with Crippen LogP contribution in [0, 0.1) is 0 Å². The van der Waals surface area contributed by atoms with Crippen molar-refractivity contribution in [3.8, 4) is 0 Å². The highest BCUT2D eigenvalue weighted by atomic mass is 35.5. The number of aromatic nitrogens is 1. The van der Waals surface area contributed by atoms with Crippen molar-refractivity contribution in [3.63, 3.8) is 0 Å². The highest BCUT2D eigenvalue weighted by Gasteiger charge is 2.53. The van der Waals surface area contributed by atoms with Crippen molar-refractivity contribution in [1.29, 1.82) is 0 Å². The molecule has 0 saturated carbocycles. The van der Waals surface area contributed by atoms with Gasteiger partial charge in [0.1, 0.15) is 5.82 Å². The zero-order valence-electron chi connectivity index (χ0n) is 9.47. The molecule has 0 bridgehead atoms. The third-order valence-corrected chi connectivity index (χ3v) is 3.54. The number of pyridine rings is 1. The monoisotopic (exact) mass is 268 g/mol. The topological polar surface area (TPSA) is 97.1 Å². The van der Waals surface area contributed by atoms with Gasteiger partial charge in [-0.25, -0.2) is 4.98 Å². The minimum absolute atomic E-state index is 0. The van der Waals surface area contributed by atoms with Crippen LogP contribution < -0.4 is 16.4 Å². The summed E-state index contributed by atoms with van der Waals surface area (Å²) < 4.78 is 0. The van der Waals surface area contributed by atoms with E-state index in [-0.39, 0.29) is 18.3 Å². The van der Waals surface area contributed by atoms with Crippen LogP contribution >= 0.6 is 12.4 Å². The maximum atomic E-state index is 12.1. The van der Waals surface area contributed by atoms with E-state index in [1.807, 2.05) is 6.07 Å². The second-order valence-corrected chi connectivity index (χ2v) is 4.48. The van der Waals surface area contributed by atoms with Crippen LogP contribution in [0.2, 0.25) is 0 Å². The normalized spacial score (nSPS) is 28.7. The Morgan fingerprint density at radius 3 is 3.00 bits per heavy atom. The van der Waals surface area contributed by atoms with Gasteiger partial charge in [0.05, 0.1) is 11.5 Å². The van der Waals surface area contributed by atoms with Gasteiger partial charge >= 0.3 is 0 Å². The van der Waals surface area contributed by atoms with Crippen molar-refractivity contribution < 1.29 is 9.59 Å². The van der Waals surface area contributed by atoms with Crippen molar-refractivity contribution in [2.24, 2.45) is 5.73 Å². The second kappa shape index (κ2) is 4.22. The smallest absolute Gasteiger partial charge is 0.237 e. The molecular weight excluding hydrogens is 256 g/mol. The van der Waals surface area contributed by atoms with Crippen LogP contribution in [0.4, 0.5) is 5.82 Å². The third-order valence-electron chi connectivity index (χ3n) is 3.54. The van der Waals surface area contributed by atoms with Gasteiger partial charge in [-0.15, -0.1) is 12.4 Å². The van der Waals surface area contributed by atoms with E-state index in [0.29, 0.717) is 18.8 Å². The van der Waals surface area contributed by atoms with E-state index < -0.39 is 17.4 Å². The van der Waals surface area contributed by atoms with E-state index in [4.69, 9.17) is 5.73 Å². The number of primary amides is 1. The van der Waals surface area contributed by atoms with Crippen molar-refractivity contribution in [2.45, 2.75) is 17.9 Å². The second-order valence-electron chi connectivity index (χ2n) is 4.48. The highest BCUT2D eigenvalue weighted by Crippen LogP contribution is 2.42. The van der Waals surface area contributed by atoms with Crippen molar-refractivity contribution in [3.05, 3.63) is 23.9 Å². The summed E-state index contributed by atoms with van der Waals surface area (Å²) in [5.74, 6) is 0.0545. The summed E-state index contributed by atoms with van der Waals surface area (Å²) in [6.07, 6.45) is 2.03. The van der Waals surface area contributed by atoms with Crippen molar-refractivity contribution in [2.75, 3.05) is 11.9 Å². The third kappa shape index (κ3) is 1.57. The van der Waals surface area contributed by atoms with Crippen molar-refractivity contribution >= 4 is 30.0 Å². The summed E-state index contributed by atoms with van der Waals surface area (Å²) >= 11 is 0. The fraction of sp³-hybridized carbons (Fsp3) is 0.364. The summed E-state index contributed by atoms with van der Waals surface area (Å²) in [4.78, 5) is 27.4. The van der Waals surface area contributed by atoms with Crippen LogP contribution in [-0.4, -0.2) is 29.4 Å². The Hall–Kier alpha value is -1.66. The molecule has 2 aliphatic rings. The molecular formula is C11H13ClN4O2. The van der Waals surface area contributed by atoms with Gasteiger partial charge < -0.3 is 16.4 Å². The fourth-order valence-corrected chi connectivity index (χ4v) is 2.61. The Morgan fingerprint density at radius 2 is 2.33 bits per heavy atom. The number of hydrogen-bond donors (Lipinski definition) is 3. The molecule has 96 valence electrons. The quantitative estimate of drug-likeness (QED) is 0.642. The molecule has 7 heteroatoms. The molecule has 0 radical (unpaired) electrons. The molecule has 2 aliphatic heterocycles. The van der Waals surface area contributed by atoms with Crippen LogP contribution in [-0.2, 0) is 15.0 Å². The largest absolute Gasteiger partial charge is 0.368 e. The predicted molar refractivity (Wildman–Crippen MR) is 67.4 cm³/mol. The standard InChI is InChI=1S/C11H12N4O2.ClH/c12-8(16)7-4-11(5-14-7)6-2-1-3-13-9(6)15-10(11)17;/h1-3,7,14H,4-5H2,(H2,12,16)(H,13,15,17);1H/t7-,11-;/m0./s1. The molecule has 1 aromatic heterocycles. The number of fused-ring (bicyclic) bond motifs is 2. The SMILES string of the molecule is Cl.NC(=O)[C@@H]1C[C@@]2(CN1)C(=O)Nc1ncccc12. The van der Waals surface area contributed by atoms with E-state index in [0.717, 1.165) is 5.56 Å². The Labute approximate surface area is 110 Å². The number of nitrogens with two attached hydrogens (primary N) is 1. The molecule has 1 aromatic rings. The number of carbonyl (C=O) groups is 2. The molecule has 18 heavy (non-hydrogen) atoms. The van der Waals surface area contributed by atoms with E-state index in [9.17, 15) is 9.59 Å². The van der Waals surface area contributed by atoms with Gasteiger partial charge in [-0.2, -0.15) is 0 Å². The van der Waals surface area contributed by atoms with E-state index >= 15 is 0 Å². The number of nitrogens with one attached hydrogen (secondary N) is 2. The summed E-state index contributed by atoms with van der Waals surface area (Å²) in [6, 6.07) is 3.20. The molecule has 0 aliphatic carbocycles. The average molecular weight is 269 g/mol. The number of carbonyl (C=O) groups excluding carboxylic acids is 2. The van der Waals surface area contributed by atoms with Gasteiger partial charge in [-0.1, -0.05) is 6.07 Å². The Morgan fingerprint density at radius 1 is 1.56 bits per heavy atom. The van der Waals surface area contributed by atoms with E-state index in [1.54, 1.807) is 12.3 Å². The van der Waals surface area contributed by atoms with Gasteiger partial charge in [-0.05, 0) is 12.5 Å². The highest BCUT2D eigenvalue weighted by molar-refractivity contribution is 6.06. The first kappa shape index (κ1) is 12.8. The number of anilines is 1. The van der Waals surface area contributed by atoms with Crippen molar-refractivity contribution in [1.82, 2.24) is 10.3 Å². The molecule has 1 spiro atoms. The van der Waals surface area contributed by atoms with Gasteiger partial charge in [0.2, 0.25) is 11.8 Å². The molecule has 2 atom stereocenters. The van der Waals surface area contributed by atoms with Crippen LogP contribution in [0.5, 0.6) is 0 Å². The lowest BCUT2D eigenvalue weighted by Gasteiger charge is -2.19. The maximum absolute atomic E-state index is 12.1. The molecule has 1 saturated heterocycles. The van der Waals surface area contributed by atoms with E-state index in [1.165, 1.54) is 0 Å². The Bertz CT molecular complexity index is 522. The van der Waals surface area contributed by atoms with Gasteiger partial charge in [-0.3, -0.25) is 9.59 Å². The lowest BCUT2D eigenvalue weighted by atomic mass is 9.80. The molecule has 2 amide bonds. The zero-order valence-corrected chi connectivity index (χ0v) is 10.3. The Balaban J connectivity index is 0.00000120. The van der Waals surface area contributed by atoms with Crippen LogP contribution in [0.15, 0.2) is 18.3 Å². The molecule has 1 fully saturated rings. The first-order valence-electron chi connectivity index (χ1n) is 5.43. The zero-order chi connectivity index (χ0) is 12.0. The number of rotatable bonds is 1. The lowest BCUT2D eigenvalue weighted by molar-refractivity contribution is -0.120. The molecule has 6 nitrogen and oxygen atoms in total. The number of halogens is 1. The van der Waals surface area contributed by atoms with E-state index in [2.05, 4.69) is 15.6 Å². The van der Waals surface area contributed by atoms with Crippen LogP contribution in [0.25, 0.3) is 0 Å². The molecule has 3 rings (SSSR count). The van der Waals surface area contributed by atoms with Crippen LogP contribution in [0.1, 0.15) is 12.0 Å². The molecule has 3 heterocycles. The van der Waals surface area contributed by atoms with Gasteiger partial charge in [0.25, 0.3) is 0 Å². The van der Waals surface area contributed by atoms with Crippen LogP contribution in [0.3, 0.4) is 0 Å². The molecule has 0 unspecified atom stereocenters. The molecule has 4 N–H and O–H groups in total. The Kier molecular flexibility index (Phi) is 3.00.